The molecule has 0 saturated heterocycles. The van der Waals surface area contributed by atoms with Gasteiger partial charge in [0.05, 0.1) is 5.38 Å². The average Bonchev–Trinajstić information content (AvgIpc) is 2.41. The fraction of sp³-hybridized carbons (Fsp3) is 0.143. The molecular weight excluding hydrogens is 417 g/mol. The van der Waals surface area contributed by atoms with Gasteiger partial charge in [0.15, 0.2) is 0 Å². The second-order valence-electron chi connectivity index (χ2n) is 3.98. The van der Waals surface area contributed by atoms with Crippen molar-refractivity contribution in [3.8, 4) is 5.75 Å². The van der Waals surface area contributed by atoms with E-state index in [2.05, 4.69) is 36.6 Å². The summed E-state index contributed by atoms with van der Waals surface area (Å²) in [5.41, 5.74) is 1.69. The molecule has 2 rings (SSSR count). The highest BCUT2D eigenvalue weighted by molar-refractivity contribution is 9.11. The van der Waals surface area contributed by atoms with E-state index >= 15 is 0 Å². The molecule has 0 aliphatic rings. The van der Waals surface area contributed by atoms with Crippen molar-refractivity contribution in [3.05, 3.63) is 62.5 Å². The lowest BCUT2D eigenvalue weighted by Crippen LogP contribution is -2.02. The lowest BCUT2D eigenvalue weighted by Gasteiger charge is -2.13. The summed E-state index contributed by atoms with van der Waals surface area (Å²) in [7, 11) is 0. The van der Waals surface area contributed by atoms with Gasteiger partial charge in [-0.1, -0.05) is 44.0 Å². The number of hydrogen-bond acceptors (Lipinski definition) is 1. The molecule has 106 valence electrons. The predicted octanol–water partition coefficient (Wildman–Crippen LogP) is 6.14. The molecule has 2 aromatic carbocycles. The lowest BCUT2D eigenvalue weighted by molar-refractivity contribution is -0.0498. The average molecular weight is 426 g/mol. The highest BCUT2D eigenvalue weighted by atomic mass is 79.9. The number of halogens is 5. The zero-order valence-electron chi connectivity index (χ0n) is 9.99. The van der Waals surface area contributed by atoms with Gasteiger partial charge in [0.25, 0.3) is 0 Å². The third-order valence-electron chi connectivity index (χ3n) is 2.63. The van der Waals surface area contributed by atoms with E-state index < -0.39 is 6.61 Å². The number of hydrogen-bond donors (Lipinski definition) is 0. The molecule has 0 amide bonds. The van der Waals surface area contributed by atoms with E-state index in [1.165, 1.54) is 12.1 Å². The molecule has 0 aliphatic heterocycles. The molecule has 1 unspecified atom stereocenters. The first-order valence-electron chi connectivity index (χ1n) is 5.61. The Morgan fingerprint density at radius 2 is 1.65 bits per heavy atom. The SMILES string of the molecule is FC(F)Oc1ccc(C(Cl)c2cc(Br)ccc2Br)cc1. The van der Waals surface area contributed by atoms with Crippen LogP contribution in [0.15, 0.2) is 51.4 Å². The van der Waals surface area contributed by atoms with Crippen LogP contribution in [-0.4, -0.2) is 6.61 Å². The molecule has 1 atom stereocenters. The number of rotatable bonds is 4. The topological polar surface area (TPSA) is 9.23 Å². The van der Waals surface area contributed by atoms with E-state index in [9.17, 15) is 8.78 Å². The van der Waals surface area contributed by atoms with Crippen LogP contribution in [0.1, 0.15) is 16.5 Å². The van der Waals surface area contributed by atoms with Crippen LogP contribution in [-0.2, 0) is 0 Å². The van der Waals surface area contributed by atoms with Gasteiger partial charge in [0.2, 0.25) is 0 Å². The minimum Gasteiger partial charge on any atom is -0.435 e. The summed E-state index contributed by atoms with van der Waals surface area (Å²) in [6, 6.07) is 12.0. The van der Waals surface area contributed by atoms with Gasteiger partial charge in [-0.3, -0.25) is 0 Å². The zero-order valence-corrected chi connectivity index (χ0v) is 13.9. The van der Waals surface area contributed by atoms with Crippen molar-refractivity contribution in [1.82, 2.24) is 0 Å². The van der Waals surface area contributed by atoms with Crippen LogP contribution in [0.25, 0.3) is 0 Å². The summed E-state index contributed by atoms with van der Waals surface area (Å²) < 4.78 is 30.3. The normalized spacial score (nSPS) is 12.5. The van der Waals surface area contributed by atoms with Crippen molar-refractivity contribution in [1.29, 1.82) is 0 Å². The maximum Gasteiger partial charge on any atom is 0.387 e. The highest BCUT2D eigenvalue weighted by Gasteiger charge is 2.15. The Bertz CT molecular complexity index is 590. The second-order valence-corrected chi connectivity index (χ2v) is 6.18. The van der Waals surface area contributed by atoms with Crippen LogP contribution in [0.2, 0.25) is 0 Å². The van der Waals surface area contributed by atoms with Gasteiger partial charge in [-0.15, -0.1) is 11.6 Å². The minimum absolute atomic E-state index is 0.112. The highest BCUT2D eigenvalue weighted by Crippen LogP contribution is 2.36. The van der Waals surface area contributed by atoms with Crippen molar-refractivity contribution < 1.29 is 13.5 Å². The van der Waals surface area contributed by atoms with Crippen LogP contribution in [0.3, 0.4) is 0 Å². The molecule has 0 aliphatic carbocycles. The Labute approximate surface area is 137 Å². The van der Waals surface area contributed by atoms with Crippen LogP contribution < -0.4 is 4.74 Å². The van der Waals surface area contributed by atoms with Gasteiger partial charge in [-0.25, -0.2) is 0 Å². The Balaban J connectivity index is 2.24. The molecule has 0 saturated carbocycles. The van der Waals surface area contributed by atoms with E-state index in [1.807, 2.05) is 18.2 Å². The van der Waals surface area contributed by atoms with E-state index in [0.717, 1.165) is 20.1 Å². The Morgan fingerprint density at radius 3 is 2.25 bits per heavy atom. The van der Waals surface area contributed by atoms with Gasteiger partial charge in [0, 0.05) is 8.95 Å². The maximum absolute atomic E-state index is 12.1. The molecule has 1 nitrogen and oxygen atoms in total. The van der Waals surface area contributed by atoms with Crippen molar-refractivity contribution >= 4 is 43.5 Å². The first-order valence-corrected chi connectivity index (χ1v) is 7.63. The van der Waals surface area contributed by atoms with Crippen LogP contribution in [0.4, 0.5) is 8.78 Å². The summed E-state index contributed by atoms with van der Waals surface area (Å²) in [4.78, 5) is 0. The van der Waals surface area contributed by atoms with E-state index in [1.54, 1.807) is 12.1 Å². The predicted molar refractivity (Wildman–Crippen MR) is 82.6 cm³/mol. The van der Waals surface area contributed by atoms with Gasteiger partial charge < -0.3 is 4.74 Å². The first kappa shape index (κ1) is 15.7. The monoisotopic (exact) mass is 424 g/mol. The molecule has 0 bridgehead atoms. The third kappa shape index (κ3) is 3.93. The molecule has 20 heavy (non-hydrogen) atoms. The van der Waals surface area contributed by atoms with E-state index in [4.69, 9.17) is 11.6 Å². The van der Waals surface area contributed by atoms with Crippen LogP contribution in [0, 0.1) is 0 Å². The van der Waals surface area contributed by atoms with E-state index in [-0.39, 0.29) is 11.1 Å². The zero-order chi connectivity index (χ0) is 14.7. The standard InChI is InChI=1S/C14H9Br2ClF2O/c15-9-3-6-12(16)11(7-9)13(17)8-1-4-10(5-2-8)20-14(18)19/h1-7,13-14H. The summed E-state index contributed by atoms with van der Waals surface area (Å²) >= 11 is 13.3. The van der Waals surface area contributed by atoms with Crippen LogP contribution in [0.5, 0.6) is 5.75 Å². The molecule has 0 heterocycles. The number of benzene rings is 2. The van der Waals surface area contributed by atoms with Gasteiger partial charge in [-0.05, 0) is 41.5 Å². The summed E-state index contributed by atoms with van der Waals surface area (Å²) in [5, 5.41) is -0.387. The molecule has 2 aromatic rings. The van der Waals surface area contributed by atoms with Crippen molar-refractivity contribution in [2.75, 3.05) is 0 Å². The molecule has 0 spiro atoms. The Morgan fingerprint density at radius 1 is 1.00 bits per heavy atom. The third-order valence-corrected chi connectivity index (χ3v) is 4.33. The fourth-order valence-corrected chi connectivity index (χ4v) is 3.02. The van der Waals surface area contributed by atoms with Crippen molar-refractivity contribution in [2.24, 2.45) is 0 Å². The summed E-state index contributed by atoms with van der Waals surface area (Å²) in [6.45, 7) is -2.83. The van der Waals surface area contributed by atoms with Gasteiger partial charge >= 0.3 is 6.61 Å². The first-order chi connectivity index (χ1) is 9.47. The van der Waals surface area contributed by atoms with Crippen molar-refractivity contribution in [2.45, 2.75) is 12.0 Å². The molecule has 0 N–H and O–H groups in total. The van der Waals surface area contributed by atoms with Gasteiger partial charge in [-0.2, -0.15) is 8.78 Å². The Hall–Kier alpha value is -0.650. The van der Waals surface area contributed by atoms with Crippen molar-refractivity contribution in [3.63, 3.8) is 0 Å². The van der Waals surface area contributed by atoms with Crippen LogP contribution >= 0.6 is 43.5 Å². The number of ether oxygens (including phenoxy) is 1. The molecule has 6 heteroatoms. The maximum atomic E-state index is 12.1. The molecule has 0 fully saturated rings. The molecule has 0 radical (unpaired) electrons. The lowest BCUT2D eigenvalue weighted by atomic mass is 10.0. The van der Waals surface area contributed by atoms with E-state index in [0.29, 0.717) is 0 Å². The fourth-order valence-electron chi connectivity index (χ4n) is 1.71. The summed E-state index contributed by atoms with van der Waals surface area (Å²) in [5.74, 6) is 0.112. The quantitative estimate of drug-likeness (QED) is 0.534. The minimum atomic E-state index is -2.83. The number of alkyl halides is 3. The summed E-state index contributed by atoms with van der Waals surface area (Å²) in [6.07, 6.45) is 0. The smallest absolute Gasteiger partial charge is 0.387 e. The second kappa shape index (κ2) is 6.87. The molecular formula is C14H9Br2ClF2O. The van der Waals surface area contributed by atoms with Gasteiger partial charge in [0.1, 0.15) is 5.75 Å². The molecule has 0 aromatic heterocycles. The largest absolute Gasteiger partial charge is 0.435 e. The Kier molecular flexibility index (Phi) is 5.41.